The van der Waals surface area contributed by atoms with Crippen molar-refractivity contribution in [3.8, 4) is 0 Å². The summed E-state index contributed by atoms with van der Waals surface area (Å²) in [6.07, 6.45) is 2.03. The molecule has 0 saturated carbocycles. The Kier molecular flexibility index (Phi) is 4.16. The van der Waals surface area contributed by atoms with Crippen LogP contribution in [0.15, 0.2) is 6.20 Å². The number of anilines is 2. The number of aromatic nitrogens is 4. The minimum absolute atomic E-state index is 0.394. The molecule has 0 bridgehead atoms. The molecule has 0 radical (unpaired) electrons. The maximum Gasteiger partial charge on any atom is 0.226 e. The summed E-state index contributed by atoms with van der Waals surface area (Å²) >= 11 is 0. The minimum Gasteiger partial charge on any atom is -0.391 e. The molecular weight excluding hydrogens is 244 g/mol. The fraction of sp³-hybridized carbons (Fsp3) is 0.583. The molecular formula is C12H20N6O. The molecule has 0 saturated heterocycles. The van der Waals surface area contributed by atoms with Crippen molar-refractivity contribution in [2.24, 2.45) is 5.92 Å². The van der Waals surface area contributed by atoms with Crippen molar-refractivity contribution >= 4 is 22.8 Å². The average molecular weight is 264 g/mol. The van der Waals surface area contributed by atoms with E-state index in [1.54, 1.807) is 13.2 Å². The van der Waals surface area contributed by atoms with Crippen LogP contribution in [-0.2, 0) is 0 Å². The normalized spacial score (nSPS) is 12.9. The van der Waals surface area contributed by atoms with Gasteiger partial charge in [0.15, 0.2) is 5.65 Å². The van der Waals surface area contributed by atoms with E-state index in [0.29, 0.717) is 29.9 Å². The van der Waals surface area contributed by atoms with Crippen LogP contribution in [-0.4, -0.2) is 45.0 Å². The lowest BCUT2D eigenvalue weighted by Gasteiger charge is -2.14. The van der Waals surface area contributed by atoms with E-state index in [1.165, 1.54) is 0 Å². The van der Waals surface area contributed by atoms with Gasteiger partial charge in [0, 0.05) is 13.6 Å². The Morgan fingerprint density at radius 1 is 1.37 bits per heavy atom. The molecule has 2 aromatic rings. The molecule has 2 aromatic heterocycles. The van der Waals surface area contributed by atoms with Crippen LogP contribution in [0.1, 0.15) is 20.3 Å². The summed E-state index contributed by atoms with van der Waals surface area (Å²) in [7, 11) is 1.76. The Morgan fingerprint density at radius 3 is 2.84 bits per heavy atom. The third kappa shape index (κ3) is 3.31. The topological polar surface area (TPSA) is 98.8 Å². The lowest BCUT2D eigenvalue weighted by atomic mass is 10.1. The number of fused-ring (bicyclic) bond motifs is 1. The van der Waals surface area contributed by atoms with E-state index >= 15 is 0 Å². The van der Waals surface area contributed by atoms with Crippen LogP contribution in [0.25, 0.3) is 11.0 Å². The Morgan fingerprint density at radius 2 is 2.16 bits per heavy atom. The molecule has 2 heterocycles. The van der Waals surface area contributed by atoms with Gasteiger partial charge in [-0.15, -0.1) is 0 Å². The van der Waals surface area contributed by atoms with E-state index < -0.39 is 6.10 Å². The number of hydrogen-bond acceptors (Lipinski definition) is 6. The zero-order chi connectivity index (χ0) is 13.8. The summed E-state index contributed by atoms with van der Waals surface area (Å²) in [5.41, 5.74) is 0.667. The third-order valence-electron chi connectivity index (χ3n) is 2.78. The van der Waals surface area contributed by atoms with E-state index in [1.807, 2.05) is 0 Å². The van der Waals surface area contributed by atoms with Gasteiger partial charge in [0.05, 0.1) is 17.7 Å². The lowest BCUT2D eigenvalue weighted by molar-refractivity contribution is 0.161. The van der Waals surface area contributed by atoms with E-state index in [2.05, 4.69) is 44.6 Å². The number of nitrogens with one attached hydrogen (secondary N) is 3. The van der Waals surface area contributed by atoms with Crippen molar-refractivity contribution in [3.63, 3.8) is 0 Å². The molecule has 0 spiro atoms. The first-order chi connectivity index (χ1) is 9.10. The lowest BCUT2D eigenvalue weighted by Crippen LogP contribution is -2.22. The fourth-order valence-electron chi connectivity index (χ4n) is 1.92. The standard InChI is InChI=1S/C12H20N6O/c1-7(2)4-8(19)5-14-10-9-6-15-18-11(9)17-12(13-3)16-10/h6-8,19H,4-5H2,1-3H3,(H3,13,14,15,16,17,18). The highest BCUT2D eigenvalue weighted by Gasteiger charge is 2.11. The number of hydrogen-bond donors (Lipinski definition) is 4. The minimum atomic E-state index is -0.394. The summed E-state index contributed by atoms with van der Waals surface area (Å²) < 4.78 is 0. The first-order valence-electron chi connectivity index (χ1n) is 6.41. The maximum atomic E-state index is 9.89. The molecule has 0 aliphatic carbocycles. The van der Waals surface area contributed by atoms with Gasteiger partial charge in [-0.2, -0.15) is 15.1 Å². The molecule has 19 heavy (non-hydrogen) atoms. The van der Waals surface area contributed by atoms with Crippen LogP contribution < -0.4 is 10.6 Å². The van der Waals surface area contributed by atoms with Crippen molar-refractivity contribution in [1.29, 1.82) is 0 Å². The molecule has 7 nitrogen and oxygen atoms in total. The van der Waals surface area contributed by atoms with Gasteiger partial charge in [-0.25, -0.2) is 0 Å². The maximum absolute atomic E-state index is 9.89. The zero-order valence-electron chi connectivity index (χ0n) is 11.4. The number of rotatable bonds is 6. The Bertz CT molecular complexity index is 538. The summed E-state index contributed by atoms with van der Waals surface area (Å²) in [6.45, 7) is 4.63. The first kappa shape index (κ1) is 13.5. The Labute approximate surface area is 111 Å². The molecule has 7 heteroatoms. The summed E-state index contributed by atoms with van der Waals surface area (Å²) in [6, 6.07) is 0. The van der Waals surface area contributed by atoms with Gasteiger partial charge in [-0.05, 0) is 12.3 Å². The number of aliphatic hydroxyl groups excluding tert-OH is 1. The Hall–Kier alpha value is -1.89. The molecule has 1 atom stereocenters. The zero-order valence-corrected chi connectivity index (χ0v) is 11.4. The third-order valence-corrected chi connectivity index (χ3v) is 2.78. The van der Waals surface area contributed by atoms with Crippen LogP contribution >= 0.6 is 0 Å². The first-order valence-corrected chi connectivity index (χ1v) is 6.41. The molecule has 4 N–H and O–H groups in total. The van der Waals surface area contributed by atoms with Crippen LogP contribution in [0.4, 0.5) is 11.8 Å². The summed E-state index contributed by atoms with van der Waals surface area (Å²) in [5.74, 6) is 1.65. The van der Waals surface area contributed by atoms with Gasteiger partial charge in [-0.1, -0.05) is 13.8 Å². The SMILES string of the molecule is CNc1nc(NCC(O)CC(C)C)c2cn[nH]c2n1. The molecule has 0 aliphatic rings. The number of nitrogens with zero attached hydrogens (tertiary/aromatic N) is 3. The number of aromatic amines is 1. The van der Waals surface area contributed by atoms with Gasteiger partial charge in [-0.3, -0.25) is 5.10 Å². The molecule has 0 aliphatic heterocycles. The van der Waals surface area contributed by atoms with Gasteiger partial charge in [0.2, 0.25) is 5.95 Å². The highest BCUT2D eigenvalue weighted by Crippen LogP contribution is 2.19. The summed E-state index contributed by atoms with van der Waals surface area (Å²) in [4.78, 5) is 8.59. The largest absolute Gasteiger partial charge is 0.391 e. The van der Waals surface area contributed by atoms with Crippen LogP contribution in [0, 0.1) is 5.92 Å². The summed E-state index contributed by atoms with van der Waals surface area (Å²) in [5, 5.41) is 23.5. The van der Waals surface area contributed by atoms with Gasteiger partial charge >= 0.3 is 0 Å². The van der Waals surface area contributed by atoms with Gasteiger partial charge < -0.3 is 15.7 Å². The van der Waals surface area contributed by atoms with E-state index in [0.717, 1.165) is 11.8 Å². The smallest absolute Gasteiger partial charge is 0.226 e. The van der Waals surface area contributed by atoms with Crippen molar-refractivity contribution in [2.45, 2.75) is 26.4 Å². The molecule has 2 rings (SSSR count). The van der Waals surface area contributed by atoms with Crippen LogP contribution in [0.2, 0.25) is 0 Å². The van der Waals surface area contributed by atoms with Gasteiger partial charge in [0.1, 0.15) is 5.82 Å². The monoisotopic (exact) mass is 264 g/mol. The fourth-order valence-corrected chi connectivity index (χ4v) is 1.92. The predicted octanol–water partition coefficient (Wildman–Crippen LogP) is 1.21. The second kappa shape index (κ2) is 5.83. The Balaban J connectivity index is 2.13. The second-order valence-corrected chi connectivity index (χ2v) is 4.94. The van der Waals surface area contributed by atoms with Crippen molar-refractivity contribution in [3.05, 3.63) is 6.20 Å². The van der Waals surface area contributed by atoms with Crippen LogP contribution in [0.5, 0.6) is 0 Å². The number of aliphatic hydroxyl groups is 1. The molecule has 104 valence electrons. The highest BCUT2D eigenvalue weighted by atomic mass is 16.3. The highest BCUT2D eigenvalue weighted by molar-refractivity contribution is 5.86. The van der Waals surface area contributed by atoms with Crippen molar-refractivity contribution in [1.82, 2.24) is 20.2 Å². The predicted molar refractivity (Wildman–Crippen MR) is 75.2 cm³/mol. The van der Waals surface area contributed by atoms with Crippen molar-refractivity contribution in [2.75, 3.05) is 24.2 Å². The van der Waals surface area contributed by atoms with Crippen molar-refractivity contribution < 1.29 is 5.11 Å². The van der Waals surface area contributed by atoms with Crippen LogP contribution in [0.3, 0.4) is 0 Å². The average Bonchev–Trinajstić information content (AvgIpc) is 2.82. The molecule has 0 fully saturated rings. The number of H-pyrrole nitrogens is 1. The van der Waals surface area contributed by atoms with Gasteiger partial charge in [0.25, 0.3) is 0 Å². The molecule has 0 amide bonds. The van der Waals surface area contributed by atoms with E-state index in [9.17, 15) is 5.11 Å². The second-order valence-electron chi connectivity index (χ2n) is 4.94. The van der Waals surface area contributed by atoms with E-state index in [-0.39, 0.29) is 0 Å². The quantitative estimate of drug-likeness (QED) is 0.626. The molecule has 1 unspecified atom stereocenters. The molecule has 0 aromatic carbocycles. The van der Waals surface area contributed by atoms with E-state index in [4.69, 9.17) is 0 Å².